The minimum atomic E-state index is -0.0636. The van der Waals surface area contributed by atoms with Crippen LogP contribution in [-0.4, -0.2) is 36.0 Å². The number of aryl methyl sites for hydroxylation is 1. The molecule has 1 aromatic heterocycles. The first kappa shape index (κ1) is 14.6. The van der Waals surface area contributed by atoms with Gasteiger partial charge < -0.3 is 19.7 Å². The van der Waals surface area contributed by atoms with Crippen molar-refractivity contribution >= 4 is 16.6 Å². The summed E-state index contributed by atoms with van der Waals surface area (Å²) in [6, 6.07) is 9.29. The lowest BCUT2D eigenvalue weighted by molar-refractivity contribution is 0.170. The van der Waals surface area contributed by atoms with Crippen LogP contribution in [0.5, 0.6) is 0 Å². The SMILES string of the molecule is COCC(CCO)Nc1cc(=O)n(C)c2ccccc12. The van der Waals surface area contributed by atoms with Crippen LogP contribution in [0, 0.1) is 0 Å². The molecule has 0 saturated carbocycles. The van der Waals surface area contributed by atoms with Gasteiger partial charge in [0.15, 0.2) is 0 Å². The number of pyridine rings is 1. The highest BCUT2D eigenvalue weighted by Gasteiger charge is 2.11. The largest absolute Gasteiger partial charge is 0.396 e. The summed E-state index contributed by atoms with van der Waals surface area (Å²) >= 11 is 0. The van der Waals surface area contributed by atoms with Gasteiger partial charge >= 0.3 is 0 Å². The van der Waals surface area contributed by atoms with Gasteiger partial charge in [-0.1, -0.05) is 18.2 Å². The van der Waals surface area contributed by atoms with E-state index in [0.717, 1.165) is 16.6 Å². The molecule has 0 aliphatic heterocycles. The van der Waals surface area contributed by atoms with Crippen molar-refractivity contribution in [2.24, 2.45) is 7.05 Å². The zero-order chi connectivity index (χ0) is 14.5. The van der Waals surface area contributed by atoms with E-state index in [-0.39, 0.29) is 18.2 Å². The molecule has 2 aromatic rings. The fraction of sp³-hybridized carbons (Fsp3) is 0.400. The lowest BCUT2D eigenvalue weighted by atomic mass is 10.1. The number of aromatic nitrogens is 1. The topological polar surface area (TPSA) is 63.5 Å². The molecule has 5 nitrogen and oxygen atoms in total. The van der Waals surface area contributed by atoms with Gasteiger partial charge in [0.1, 0.15) is 0 Å². The third-order valence-electron chi connectivity index (χ3n) is 3.36. The second kappa shape index (κ2) is 6.54. The van der Waals surface area contributed by atoms with E-state index in [4.69, 9.17) is 9.84 Å². The van der Waals surface area contributed by atoms with Crippen LogP contribution in [0.3, 0.4) is 0 Å². The van der Waals surface area contributed by atoms with E-state index < -0.39 is 0 Å². The highest BCUT2D eigenvalue weighted by atomic mass is 16.5. The van der Waals surface area contributed by atoms with Crippen molar-refractivity contribution in [2.45, 2.75) is 12.5 Å². The van der Waals surface area contributed by atoms with Gasteiger partial charge in [-0.3, -0.25) is 4.79 Å². The van der Waals surface area contributed by atoms with Gasteiger partial charge in [-0.25, -0.2) is 0 Å². The normalized spacial score (nSPS) is 12.6. The Morgan fingerprint density at radius 3 is 2.85 bits per heavy atom. The number of hydrogen-bond donors (Lipinski definition) is 2. The van der Waals surface area contributed by atoms with Gasteiger partial charge in [0.05, 0.1) is 18.2 Å². The molecule has 2 N–H and O–H groups in total. The molecular weight excluding hydrogens is 256 g/mol. The summed E-state index contributed by atoms with van der Waals surface area (Å²) in [4.78, 5) is 12.0. The molecular formula is C15H20N2O3. The Balaban J connectivity index is 2.43. The molecule has 0 amide bonds. The third kappa shape index (κ3) is 3.00. The standard InChI is InChI=1S/C15H20N2O3/c1-17-14-6-4-3-5-12(14)13(9-15(17)19)16-11(7-8-18)10-20-2/h3-6,9,11,16,18H,7-8,10H2,1-2H3. The number of anilines is 1. The summed E-state index contributed by atoms with van der Waals surface area (Å²) in [6.07, 6.45) is 0.567. The second-order valence-electron chi connectivity index (χ2n) is 4.78. The molecule has 1 unspecified atom stereocenters. The van der Waals surface area contributed by atoms with Crippen LogP contribution in [0.2, 0.25) is 0 Å². The Hall–Kier alpha value is -1.85. The maximum absolute atomic E-state index is 12.0. The zero-order valence-electron chi connectivity index (χ0n) is 11.8. The van der Waals surface area contributed by atoms with Crippen LogP contribution in [0.15, 0.2) is 35.1 Å². The Labute approximate surface area is 117 Å². The molecule has 1 heterocycles. The van der Waals surface area contributed by atoms with E-state index in [1.54, 1.807) is 24.8 Å². The number of nitrogens with zero attached hydrogens (tertiary/aromatic N) is 1. The average Bonchev–Trinajstić information content (AvgIpc) is 2.45. The third-order valence-corrected chi connectivity index (χ3v) is 3.36. The fourth-order valence-electron chi connectivity index (χ4n) is 2.30. The minimum absolute atomic E-state index is 0.0273. The summed E-state index contributed by atoms with van der Waals surface area (Å²) in [5, 5.41) is 13.4. The molecule has 0 spiro atoms. The minimum Gasteiger partial charge on any atom is -0.396 e. The fourth-order valence-corrected chi connectivity index (χ4v) is 2.30. The van der Waals surface area contributed by atoms with Crippen LogP contribution < -0.4 is 10.9 Å². The van der Waals surface area contributed by atoms with Crippen molar-refractivity contribution in [3.05, 3.63) is 40.7 Å². The lowest BCUT2D eigenvalue weighted by Gasteiger charge is -2.20. The Morgan fingerprint density at radius 2 is 2.15 bits per heavy atom. The molecule has 2 rings (SSSR count). The number of para-hydroxylation sites is 1. The summed E-state index contributed by atoms with van der Waals surface area (Å²) in [6.45, 7) is 0.550. The van der Waals surface area contributed by atoms with Crippen molar-refractivity contribution < 1.29 is 9.84 Å². The molecule has 1 atom stereocenters. The van der Waals surface area contributed by atoms with Crippen molar-refractivity contribution in [3.63, 3.8) is 0 Å². The Bertz CT molecular complexity index is 631. The monoisotopic (exact) mass is 276 g/mol. The van der Waals surface area contributed by atoms with E-state index >= 15 is 0 Å². The highest BCUT2D eigenvalue weighted by Crippen LogP contribution is 2.21. The van der Waals surface area contributed by atoms with E-state index in [0.29, 0.717) is 13.0 Å². The molecule has 0 saturated heterocycles. The Morgan fingerprint density at radius 1 is 1.40 bits per heavy atom. The second-order valence-corrected chi connectivity index (χ2v) is 4.78. The predicted molar refractivity (Wildman–Crippen MR) is 80.2 cm³/mol. The van der Waals surface area contributed by atoms with Gasteiger partial charge in [-0.15, -0.1) is 0 Å². The van der Waals surface area contributed by atoms with Gasteiger partial charge in [-0.05, 0) is 12.5 Å². The van der Waals surface area contributed by atoms with E-state index in [1.807, 2.05) is 24.3 Å². The number of methoxy groups -OCH3 is 1. The van der Waals surface area contributed by atoms with E-state index in [2.05, 4.69) is 5.32 Å². The van der Waals surface area contributed by atoms with Gasteiger partial charge in [0.25, 0.3) is 5.56 Å². The van der Waals surface area contributed by atoms with Gasteiger partial charge in [0, 0.05) is 37.9 Å². The molecule has 1 aromatic carbocycles. The van der Waals surface area contributed by atoms with Crippen molar-refractivity contribution in [2.75, 3.05) is 25.6 Å². The number of aliphatic hydroxyl groups is 1. The first-order chi connectivity index (χ1) is 9.67. The van der Waals surface area contributed by atoms with E-state index in [1.165, 1.54) is 0 Å². The van der Waals surface area contributed by atoms with E-state index in [9.17, 15) is 4.79 Å². The summed E-state index contributed by atoms with van der Waals surface area (Å²) < 4.78 is 6.76. The predicted octanol–water partition coefficient (Wildman–Crippen LogP) is 1.35. The number of nitrogens with one attached hydrogen (secondary N) is 1. The van der Waals surface area contributed by atoms with Crippen LogP contribution in [0.4, 0.5) is 5.69 Å². The van der Waals surface area contributed by atoms with Crippen molar-refractivity contribution in [1.82, 2.24) is 4.57 Å². The number of aliphatic hydroxyl groups excluding tert-OH is 1. The summed E-state index contributed by atoms with van der Waals surface area (Å²) in [7, 11) is 3.38. The molecule has 0 fully saturated rings. The maximum Gasteiger partial charge on any atom is 0.252 e. The van der Waals surface area contributed by atoms with Crippen LogP contribution >= 0.6 is 0 Å². The molecule has 0 aliphatic carbocycles. The van der Waals surface area contributed by atoms with Gasteiger partial charge in [0.2, 0.25) is 0 Å². The smallest absolute Gasteiger partial charge is 0.252 e. The average molecular weight is 276 g/mol. The summed E-state index contributed by atoms with van der Waals surface area (Å²) in [5.74, 6) is 0. The molecule has 0 radical (unpaired) electrons. The summed E-state index contributed by atoms with van der Waals surface area (Å²) in [5.41, 5.74) is 1.59. The number of hydrogen-bond acceptors (Lipinski definition) is 4. The van der Waals surface area contributed by atoms with Crippen LogP contribution in [0.25, 0.3) is 10.9 Å². The molecule has 20 heavy (non-hydrogen) atoms. The van der Waals surface area contributed by atoms with Crippen LogP contribution in [0.1, 0.15) is 6.42 Å². The Kier molecular flexibility index (Phi) is 4.76. The number of benzene rings is 1. The van der Waals surface area contributed by atoms with Gasteiger partial charge in [-0.2, -0.15) is 0 Å². The highest BCUT2D eigenvalue weighted by molar-refractivity contribution is 5.91. The maximum atomic E-state index is 12.0. The number of fused-ring (bicyclic) bond motifs is 1. The van der Waals surface area contributed by atoms with Crippen molar-refractivity contribution in [3.8, 4) is 0 Å². The van der Waals surface area contributed by atoms with Crippen LogP contribution in [-0.2, 0) is 11.8 Å². The molecule has 5 heteroatoms. The number of rotatable bonds is 6. The van der Waals surface area contributed by atoms with Crippen molar-refractivity contribution in [1.29, 1.82) is 0 Å². The quantitative estimate of drug-likeness (QED) is 0.836. The first-order valence-electron chi connectivity index (χ1n) is 6.62. The lowest BCUT2D eigenvalue weighted by Crippen LogP contribution is -2.27. The zero-order valence-corrected chi connectivity index (χ0v) is 11.8. The molecule has 0 bridgehead atoms. The molecule has 108 valence electrons. The number of ether oxygens (including phenoxy) is 1. The molecule has 0 aliphatic rings. The first-order valence-corrected chi connectivity index (χ1v) is 6.62.